The topological polar surface area (TPSA) is 124 Å². The van der Waals surface area contributed by atoms with E-state index in [1.807, 2.05) is 0 Å². The first-order valence-corrected chi connectivity index (χ1v) is 9.11. The van der Waals surface area contributed by atoms with Gasteiger partial charge in [-0.1, -0.05) is 18.2 Å². The van der Waals surface area contributed by atoms with Crippen molar-refractivity contribution >= 4 is 23.9 Å². The van der Waals surface area contributed by atoms with E-state index < -0.39 is 54.6 Å². The van der Waals surface area contributed by atoms with Crippen LogP contribution in [0.3, 0.4) is 0 Å². The normalized spacial score (nSPS) is 25.6. The second-order valence-corrected chi connectivity index (χ2v) is 6.55. The number of ether oxygens (including phenoxy) is 6. The van der Waals surface area contributed by atoms with Crippen LogP contribution in [0.25, 0.3) is 0 Å². The molecule has 1 aliphatic heterocycles. The van der Waals surface area contributed by atoms with Gasteiger partial charge in [-0.25, -0.2) is 4.79 Å². The molecule has 30 heavy (non-hydrogen) atoms. The summed E-state index contributed by atoms with van der Waals surface area (Å²) in [5, 5.41) is 0. The van der Waals surface area contributed by atoms with Crippen LogP contribution in [0, 0.1) is 6.92 Å². The summed E-state index contributed by atoms with van der Waals surface area (Å²) in [6.45, 7) is 5.15. The second-order valence-electron chi connectivity index (χ2n) is 6.55. The Bertz CT molecular complexity index is 805. The summed E-state index contributed by atoms with van der Waals surface area (Å²) >= 11 is 0. The molecule has 1 aromatic rings. The highest BCUT2D eigenvalue weighted by atomic mass is 16.7. The SMILES string of the molecule is COC(=O)[C@H]1O[C@@H](Oc2ccccc2C)[C@H](OC(C)=O)[C@@H](OC(C)=O)[C@@H]1OC(C)=O. The maximum Gasteiger partial charge on any atom is 0.339 e. The van der Waals surface area contributed by atoms with E-state index in [9.17, 15) is 19.2 Å². The standard InChI is InChI=1S/C20H24O10/c1-10-8-6-7-9-14(10)29-20-18(28-13(4)23)16(27-12(3)22)15(26-11(2)21)17(30-20)19(24)25-5/h6-9,15-18,20H,1-5H3/t15-,16-,17-,18+,20+/m0/s1. The van der Waals surface area contributed by atoms with Crippen LogP contribution in [0.5, 0.6) is 5.75 Å². The Morgan fingerprint density at radius 2 is 1.37 bits per heavy atom. The molecule has 0 aliphatic carbocycles. The number of hydrogen-bond acceptors (Lipinski definition) is 10. The van der Waals surface area contributed by atoms with E-state index in [4.69, 9.17) is 28.4 Å². The second kappa shape index (κ2) is 10.1. The number of carbonyl (C=O) groups is 4. The van der Waals surface area contributed by atoms with Gasteiger partial charge in [0.1, 0.15) is 5.75 Å². The molecule has 1 fully saturated rings. The van der Waals surface area contributed by atoms with Gasteiger partial charge in [0.05, 0.1) is 7.11 Å². The fraction of sp³-hybridized carbons (Fsp3) is 0.500. The van der Waals surface area contributed by atoms with Crippen LogP contribution in [-0.4, -0.2) is 61.7 Å². The Kier molecular flexibility index (Phi) is 7.76. The monoisotopic (exact) mass is 424 g/mol. The summed E-state index contributed by atoms with van der Waals surface area (Å²) in [6, 6.07) is 6.94. The molecule has 1 saturated heterocycles. The Morgan fingerprint density at radius 1 is 0.833 bits per heavy atom. The maximum absolute atomic E-state index is 12.3. The first-order valence-electron chi connectivity index (χ1n) is 9.11. The molecule has 0 amide bonds. The van der Waals surface area contributed by atoms with E-state index in [1.165, 1.54) is 0 Å². The zero-order chi connectivity index (χ0) is 22.4. The highest BCUT2D eigenvalue weighted by Crippen LogP contribution is 2.32. The number of carbonyl (C=O) groups excluding carboxylic acids is 4. The Hall–Kier alpha value is -3.14. The third-order valence-electron chi connectivity index (χ3n) is 4.17. The van der Waals surface area contributed by atoms with Crippen LogP contribution in [0.2, 0.25) is 0 Å². The largest absolute Gasteiger partial charge is 0.467 e. The summed E-state index contributed by atoms with van der Waals surface area (Å²) in [4.78, 5) is 47.5. The maximum atomic E-state index is 12.3. The average molecular weight is 424 g/mol. The van der Waals surface area contributed by atoms with Gasteiger partial charge < -0.3 is 28.4 Å². The fourth-order valence-electron chi connectivity index (χ4n) is 2.99. The van der Waals surface area contributed by atoms with E-state index in [1.54, 1.807) is 31.2 Å². The molecular weight excluding hydrogens is 400 g/mol. The molecule has 10 heteroatoms. The summed E-state index contributed by atoms with van der Waals surface area (Å²) in [5.74, 6) is -2.75. The first-order chi connectivity index (χ1) is 14.1. The molecule has 10 nitrogen and oxygen atoms in total. The predicted molar refractivity (Wildman–Crippen MR) is 99.1 cm³/mol. The van der Waals surface area contributed by atoms with Crippen molar-refractivity contribution in [3.05, 3.63) is 29.8 Å². The molecular formula is C20H24O10. The van der Waals surface area contributed by atoms with Gasteiger partial charge >= 0.3 is 23.9 Å². The highest BCUT2D eigenvalue weighted by Gasteiger charge is 2.55. The van der Waals surface area contributed by atoms with Crippen molar-refractivity contribution in [3.8, 4) is 5.75 Å². The van der Waals surface area contributed by atoms with Crippen LogP contribution < -0.4 is 4.74 Å². The smallest absolute Gasteiger partial charge is 0.339 e. The van der Waals surface area contributed by atoms with Crippen molar-refractivity contribution < 1.29 is 47.6 Å². The number of rotatable bonds is 6. The van der Waals surface area contributed by atoms with Crippen molar-refractivity contribution in [2.24, 2.45) is 0 Å². The van der Waals surface area contributed by atoms with Crippen LogP contribution in [0.1, 0.15) is 26.3 Å². The number of esters is 4. The third kappa shape index (κ3) is 5.69. The minimum atomic E-state index is -1.50. The van der Waals surface area contributed by atoms with E-state index in [0.29, 0.717) is 5.75 Å². The summed E-state index contributed by atoms with van der Waals surface area (Å²) < 4.78 is 32.0. The average Bonchev–Trinajstić information content (AvgIpc) is 2.66. The lowest BCUT2D eigenvalue weighted by atomic mass is 9.97. The van der Waals surface area contributed by atoms with Crippen molar-refractivity contribution in [2.45, 2.75) is 58.4 Å². The van der Waals surface area contributed by atoms with E-state index in [-0.39, 0.29) is 0 Å². The molecule has 164 valence electrons. The van der Waals surface area contributed by atoms with E-state index >= 15 is 0 Å². The lowest BCUT2D eigenvalue weighted by Gasteiger charge is -2.43. The summed E-state index contributed by atoms with van der Waals surface area (Å²) in [6.07, 6.45) is -7.02. The predicted octanol–water partition coefficient (Wildman–Crippen LogP) is 1.07. The summed E-state index contributed by atoms with van der Waals surface area (Å²) in [7, 11) is 1.12. The molecule has 0 aromatic heterocycles. The highest BCUT2D eigenvalue weighted by molar-refractivity contribution is 5.77. The van der Waals surface area contributed by atoms with Crippen molar-refractivity contribution in [3.63, 3.8) is 0 Å². The van der Waals surface area contributed by atoms with Gasteiger partial charge in [0.15, 0.2) is 18.3 Å². The minimum absolute atomic E-state index is 0.385. The molecule has 0 spiro atoms. The third-order valence-corrected chi connectivity index (χ3v) is 4.17. The quantitative estimate of drug-likeness (QED) is 0.484. The van der Waals surface area contributed by atoms with E-state index in [0.717, 1.165) is 33.4 Å². The van der Waals surface area contributed by atoms with E-state index in [2.05, 4.69) is 0 Å². The molecule has 0 saturated carbocycles. The summed E-state index contributed by atoms with van der Waals surface area (Å²) in [5.41, 5.74) is 0.739. The number of aryl methyl sites for hydroxylation is 1. The minimum Gasteiger partial charge on any atom is -0.467 e. The number of benzene rings is 1. The van der Waals surface area contributed by atoms with Gasteiger partial charge in [0.2, 0.25) is 12.4 Å². The Morgan fingerprint density at radius 3 is 1.90 bits per heavy atom. The molecule has 0 N–H and O–H groups in total. The van der Waals surface area contributed by atoms with Crippen molar-refractivity contribution in [2.75, 3.05) is 7.11 Å². The molecule has 5 atom stereocenters. The van der Waals surface area contributed by atoms with Gasteiger partial charge in [-0.2, -0.15) is 0 Å². The van der Waals surface area contributed by atoms with Gasteiger partial charge in [-0.3, -0.25) is 14.4 Å². The van der Waals surface area contributed by atoms with Gasteiger partial charge in [0.25, 0.3) is 0 Å². The van der Waals surface area contributed by atoms with Gasteiger partial charge in [-0.15, -0.1) is 0 Å². The lowest BCUT2D eigenvalue weighted by molar-refractivity contribution is -0.282. The molecule has 2 rings (SSSR count). The Balaban J connectivity index is 2.51. The first kappa shape index (κ1) is 23.1. The molecule has 0 radical (unpaired) electrons. The van der Waals surface area contributed by atoms with Crippen molar-refractivity contribution in [1.29, 1.82) is 0 Å². The van der Waals surface area contributed by atoms with Gasteiger partial charge in [0, 0.05) is 20.8 Å². The Labute approximate surface area is 173 Å². The molecule has 1 heterocycles. The molecule has 0 unspecified atom stereocenters. The van der Waals surface area contributed by atoms with Crippen molar-refractivity contribution in [1.82, 2.24) is 0 Å². The van der Waals surface area contributed by atoms with Gasteiger partial charge in [-0.05, 0) is 18.6 Å². The fourth-order valence-corrected chi connectivity index (χ4v) is 2.99. The molecule has 0 bridgehead atoms. The number of hydrogen-bond donors (Lipinski definition) is 0. The molecule has 1 aliphatic rings. The van der Waals surface area contributed by atoms with Crippen LogP contribution >= 0.6 is 0 Å². The number of para-hydroxylation sites is 1. The number of methoxy groups -OCH3 is 1. The zero-order valence-corrected chi connectivity index (χ0v) is 17.3. The van der Waals surface area contributed by atoms with Crippen LogP contribution in [0.4, 0.5) is 0 Å². The van der Waals surface area contributed by atoms with Crippen LogP contribution in [-0.2, 0) is 42.9 Å². The van der Waals surface area contributed by atoms with Crippen LogP contribution in [0.15, 0.2) is 24.3 Å². The lowest BCUT2D eigenvalue weighted by Crippen LogP contribution is -2.64. The molecule has 1 aromatic carbocycles. The zero-order valence-electron chi connectivity index (χ0n) is 17.3.